The average Bonchev–Trinajstić information content (AvgIpc) is 3.05. The second-order valence-electron chi connectivity index (χ2n) is 12.2. The molecule has 0 aliphatic carbocycles. The van der Waals surface area contributed by atoms with E-state index in [9.17, 15) is 9.59 Å². The fourth-order valence-corrected chi connectivity index (χ4v) is 5.45. The minimum atomic E-state index is -0.0240. The molecule has 246 valence electrons. The summed E-state index contributed by atoms with van der Waals surface area (Å²) in [4.78, 5) is 30.5. The van der Waals surface area contributed by atoms with E-state index < -0.39 is 0 Å². The summed E-state index contributed by atoms with van der Waals surface area (Å²) in [6.45, 7) is 17.0. The smallest absolute Gasteiger partial charge is 0.251 e. The highest BCUT2D eigenvalue weighted by atomic mass is 16.2. The molecule has 0 radical (unpaired) electrons. The third-order valence-corrected chi connectivity index (χ3v) is 8.31. The van der Waals surface area contributed by atoms with Gasteiger partial charge in [0.15, 0.2) is 0 Å². The Labute approximate surface area is 269 Å². The number of hydrogen-bond acceptors (Lipinski definition) is 4. The molecule has 0 saturated carbocycles. The lowest BCUT2D eigenvalue weighted by Crippen LogP contribution is -2.31. The fraction of sp³-hybridized carbons (Fsp3) is 0.632. The SMILES string of the molecule is CCCCCN(CCCC)CCCNC(=O)c1ccc(-c2ccc(C(=O)NCCCN(CCCC)CCCCC)cc2)cc1. The van der Waals surface area contributed by atoms with Crippen LogP contribution in [0.25, 0.3) is 11.1 Å². The van der Waals surface area contributed by atoms with Crippen LogP contribution >= 0.6 is 0 Å². The number of carbonyl (C=O) groups is 2. The van der Waals surface area contributed by atoms with E-state index in [1.807, 2.05) is 48.5 Å². The predicted octanol–water partition coefficient (Wildman–Crippen LogP) is 8.18. The molecule has 2 aromatic rings. The van der Waals surface area contributed by atoms with Crippen LogP contribution in [0.5, 0.6) is 0 Å². The summed E-state index contributed by atoms with van der Waals surface area (Å²) in [5, 5.41) is 6.18. The summed E-state index contributed by atoms with van der Waals surface area (Å²) in [7, 11) is 0. The molecule has 0 atom stereocenters. The lowest BCUT2D eigenvalue weighted by atomic mass is 10.0. The Morgan fingerprint density at radius 3 is 1.11 bits per heavy atom. The van der Waals surface area contributed by atoms with Crippen molar-refractivity contribution in [3.05, 3.63) is 59.7 Å². The second kappa shape index (κ2) is 23.7. The van der Waals surface area contributed by atoms with Gasteiger partial charge in [-0.3, -0.25) is 9.59 Å². The van der Waals surface area contributed by atoms with Crippen molar-refractivity contribution in [3.8, 4) is 11.1 Å². The Morgan fingerprint density at radius 1 is 0.455 bits per heavy atom. The molecule has 6 heteroatoms. The maximum atomic E-state index is 12.7. The largest absolute Gasteiger partial charge is 0.352 e. The lowest BCUT2D eigenvalue weighted by Gasteiger charge is -2.22. The molecule has 0 spiro atoms. The molecule has 2 amide bonds. The molecule has 0 fully saturated rings. The number of nitrogens with one attached hydrogen (secondary N) is 2. The normalized spacial score (nSPS) is 11.3. The van der Waals surface area contributed by atoms with E-state index >= 15 is 0 Å². The van der Waals surface area contributed by atoms with Crippen LogP contribution < -0.4 is 10.6 Å². The zero-order chi connectivity index (χ0) is 31.8. The van der Waals surface area contributed by atoms with Crippen molar-refractivity contribution < 1.29 is 9.59 Å². The first-order chi connectivity index (χ1) is 21.5. The highest BCUT2D eigenvalue weighted by Crippen LogP contribution is 2.20. The molecular formula is C38H62N4O2. The molecule has 44 heavy (non-hydrogen) atoms. The number of unbranched alkanes of at least 4 members (excludes halogenated alkanes) is 6. The lowest BCUT2D eigenvalue weighted by molar-refractivity contribution is 0.0943. The number of hydrogen-bond donors (Lipinski definition) is 2. The summed E-state index contributed by atoms with van der Waals surface area (Å²) >= 11 is 0. The first kappa shape index (κ1) is 37.5. The van der Waals surface area contributed by atoms with Crippen LogP contribution in [-0.4, -0.2) is 74.0 Å². The van der Waals surface area contributed by atoms with Gasteiger partial charge in [0, 0.05) is 24.2 Å². The Balaban J connectivity index is 1.76. The van der Waals surface area contributed by atoms with Gasteiger partial charge in [-0.15, -0.1) is 0 Å². The fourth-order valence-electron chi connectivity index (χ4n) is 5.45. The van der Waals surface area contributed by atoms with Gasteiger partial charge >= 0.3 is 0 Å². The van der Waals surface area contributed by atoms with Crippen molar-refractivity contribution in [2.45, 2.75) is 105 Å². The zero-order valence-electron chi connectivity index (χ0n) is 28.5. The van der Waals surface area contributed by atoms with E-state index in [0.29, 0.717) is 24.2 Å². The highest BCUT2D eigenvalue weighted by Gasteiger charge is 2.10. The Bertz CT molecular complexity index is 939. The molecule has 0 saturated heterocycles. The van der Waals surface area contributed by atoms with Crippen molar-refractivity contribution in [2.75, 3.05) is 52.4 Å². The summed E-state index contributed by atoms with van der Waals surface area (Å²) in [5.41, 5.74) is 3.41. The third kappa shape index (κ3) is 15.3. The minimum Gasteiger partial charge on any atom is -0.352 e. The van der Waals surface area contributed by atoms with Gasteiger partial charge in [-0.05, 0) is 113 Å². The van der Waals surface area contributed by atoms with Crippen LogP contribution in [0.4, 0.5) is 0 Å². The molecule has 0 bridgehead atoms. The van der Waals surface area contributed by atoms with Gasteiger partial charge in [-0.2, -0.15) is 0 Å². The molecule has 2 aromatic carbocycles. The van der Waals surface area contributed by atoms with Crippen LogP contribution in [0, 0.1) is 0 Å². The summed E-state index contributed by atoms with van der Waals surface area (Å²) in [6.07, 6.45) is 14.4. The van der Waals surface area contributed by atoms with Crippen LogP contribution in [0.3, 0.4) is 0 Å². The molecule has 0 heterocycles. The Morgan fingerprint density at radius 2 is 0.773 bits per heavy atom. The number of nitrogens with zero attached hydrogens (tertiary/aromatic N) is 2. The molecule has 2 N–H and O–H groups in total. The van der Waals surface area contributed by atoms with E-state index in [2.05, 4.69) is 48.1 Å². The maximum Gasteiger partial charge on any atom is 0.251 e. The first-order valence-electron chi connectivity index (χ1n) is 17.7. The van der Waals surface area contributed by atoms with Crippen LogP contribution in [0.2, 0.25) is 0 Å². The Hall–Kier alpha value is -2.70. The van der Waals surface area contributed by atoms with Crippen molar-refractivity contribution in [1.82, 2.24) is 20.4 Å². The second-order valence-corrected chi connectivity index (χ2v) is 12.2. The topological polar surface area (TPSA) is 64.7 Å². The molecule has 6 nitrogen and oxygen atoms in total. The van der Waals surface area contributed by atoms with Crippen molar-refractivity contribution in [2.24, 2.45) is 0 Å². The zero-order valence-corrected chi connectivity index (χ0v) is 28.5. The van der Waals surface area contributed by atoms with E-state index in [4.69, 9.17) is 0 Å². The molecular weight excluding hydrogens is 544 g/mol. The molecule has 0 unspecified atom stereocenters. The maximum absolute atomic E-state index is 12.7. The third-order valence-electron chi connectivity index (χ3n) is 8.31. The van der Waals surface area contributed by atoms with Crippen molar-refractivity contribution in [1.29, 1.82) is 0 Å². The van der Waals surface area contributed by atoms with Gasteiger partial charge in [-0.25, -0.2) is 0 Å². The minimum absolute atomic E-state index is 0.0240. The average molecular weight is 607 g/mol. The standard InChI is InChI=1S/C38H62N4O2/c1-5-9-13-29-41(27-11-7-3)31-15-25-39-37(43)35-21-17-33(18-22-35)34-19-23-36(24-20-34)38(44)40-26-16-32-42(28-12-8-4)30-14-10-6-2/h17-24H,5-16,25-32H2,1-4H3,(H,39,43)(H,40,44). The summed E-state index contributed by atoms with van der Waals surface area (Å²) < 4.78 is 0. The van der Waals surface area contributed by atoms with Crippen LogP contribution in [0.15, 0.2) is 48.5 Å². The van der Waals surface area contributed by atoms with E-state index in [1.165, 1.54) is 64.2 Å². The summed E-state index contributed by atoms with van der Waals surface area (Å²) in [5.74, 6) is -0.0480. The molecule has 0 aliphatic heterocycles. The number of carbonyl (C=O) groups excluding carboxylic acids is 2. The quantitative estimate of drug-likeness (QED) is 0.112. The van der Waals surface area contributed by atoms with Gasteiger partial charge in [0.05, 0.1) is 0 Å². The van der Waals surface area contributed by atoms with Crippen molar-refractivity contribution >= 4 is 11.8 Å². The van der Waals surface area contributed by atoms with E-state index in [1.54, 1.807) is 0 Å². The van der Waals surface area contributed by atoms with Gasteiger partial charge in [0.1, 0.15) is 0 Å². The highest BCUT2D eigenvalue weighted by molar-refractivity contribution is 5.95. The Kier molecular flexibility index (Phi) is 20.2. The van der Waals surface area contributed by atoms with Crippen molar-refractivity contribution in [3.63, 3.8) is 0 Å². The number of amides is 2. The van der Waals surface area contributed by atoms with E-state index in [-0.39, 0.29) is 11.8 Å². The van der Waals surface area contributed by atoms with Gasteiger partial charge < -0.3 is 20.4 Å². The monoisotopic (exact) mass is 606 g/mol. The molecule has 0 aromatic heterocycles. The summed E-state index contributed by atoms with van der Waals surface area (Å²) in [6, 6.07) is 15.5. The van der Waals surface area contributed by atoms with Crippen LogP contribution in [0.1, 0.15) is 125 Å². The first-order valence-corrected chi connectivity index (χ1v) is 17.7. The number of rotatable bonds is 25. The molecule has 0 aliphatic rings. The van der Waals surface area contributed by atoms with Crippen LogP contribution in [-0.2, 0) is 0 Å². The van der Waals surface area contributed by atoms with Gasteiger partial charge in [0.2, 0.25) is 0 Å². The van der Waals surface area contributed by atoms with E-state index in [0.717, 1.165) is 63.2 Å². The van der Waals surface area contributed by atoms with Gasteiger partial charge in [0.25, 0.3) is 11.8 Å². The molecule has 2 rings (SSSR count). The number of benzene rings is 2. The van der Waals surface area contributed by atoms with Gasteiger partial charge in [-0.1, -0.05) is 90.5 Å². The predicted molar refractivity (Wildman–Crippen MR) is 188 cm³/mol.